The molecule has 0 saturated carbocycles. The van der Waals surface area contributed by atoms with Crippen molar-refractivity contribution in [2.24, 2.45) is 0 Å². The van der Waals surface area contributed by atoms with Gasteiger partial charge in [-0.25, -0.2) is 9.37 Å². The van der Waals surface area contributed by atoms with Crippen molar-refractivity contribution < 1.29 is 9.13 Å². The van der Waals surface area contributed by atoms with Crippen LogP contribution in [0, 0.1) is 12.7 Å². The first-order valence-corrected chi connectivity index (χ1v) is 6.04. The van der Waals surface area contributed by atoms with Gasteiger partial charge in [0, 0.05) is 17.3 Å². The van der Waals surface area contributed by atoms with Gasteiger partial charge in [0.2, 0.25) is 5.88 Å². The number of nitrogens with zero attached hydrogens (tertiary/aromatic N) is 1. The minimum Gasteiger partial charge on any atom is -0.481 e. The number of rotatable bonds is 3. The summed E-state index contributed by atoms with van der Waals surface area (Å²) in [6.45, 7) is 1.73. The fourth-order valence-electron chi connectivity index (χ4n) is 1.76. The lowest BCUT2D eigenvalue weighted by molar-refractivity contribution is 0.394. The number of hydrogen-bond acceptors (Lipinski definition) is 2. The van der Waals surface area contributed by atoms with Crippen LogP contribution in [0.25, 0.3) is 11.1 Å². The Morgan fingerprint density at radius 2 is 2.00 bits per heavy atom. The van der Waals surface area contributed by atoms with E-state index >= 15 is 0 Å². The summed E-state index contributed by atoms with van der Waals surface area (Å²) in [6, 6.07) is 6.88. The third-order valence-corrected chi connectivity index (χ3v) is 3.04. The molecule has 0 aliphatic rings. The Morgan fingerprint density at radius 1 is 1.26 bits per heavy atom. The highest BCUT2D eigenvalue weighted by atomic mass is 35.5. The monoisotopic (exact) mass is 301 g/mol. The zero-order valence-electron chi connectivity index (χ0n) is 10.6. The first-order valence-electron chi connectivity index (χ1n) is 5.51. The van der Waals surface area contributed by atoms with E-state index < -0.39 is 0 Å². The third kappa shape index (κ3) is 3.37. The molecule has 0 unspecified atom stereocenters. The first-order chi connectivity index (χ1) is 8.65. The molecule has 2 rings (SSSR count). The maximum absolute atomic E-state index is 13.2. The highest BCUT2D eigenvalue weighted by Crippen LogP contribution is 2.26. The standard InChI is InChI=1S/C14H13ClFNO.ClH/c1-9-5-10(3-4-13(9)16)12-6-11(7-15)14(18-2)17-8-12;/h3-6,8H,7H2,1-2H3;1H. The van der Waals surface area contributed by atoms with Gasteiger partial charge in [0.1, 0.15) is 5.82 Å². The van der Waals surface area contributed by atoms with Crippen molar-refractivity contribution in [2.45, 2.75) is 12.8 Å². The topological polar surface area (TPSA) is 22.1 Å². The number of hydrogen-bond donors (Lipinski definition) is 0. The van der Waals surface area contributed by atoms with E-state index in [2.05, 4.69) is 4.98 Å². The summed E-state index contributed by atoms with van der Waals surface area (Å²) in [6.07, 6.45) is 1.70. The van der Waals surface area contributed by atoms with Crippen LogP contribution in [0.4, 0.5) is 4.39 Å². The Kier molecular flexibility index (Phi) is 5.58. The van der Waals surface area contributed by atoms with Crippen molar-refractivity contribution in [3.05, 3.63) is 47.4 Å². The van der Waals surface area contributed by atoms with Crippen LogP contribution in [0.15, 0.2) is 30.5 Å². The number of pyridine rings is 1. The highest BCUT2D eigenvalue weighted by Gasteiger charge is 2.07. The molecule has 0 atom stereocenters. The lowest BCUT2D eigenvalue weighted by Crippen LogP contribution is -1.94. The van der Waals surface area contributed by atoms with E-state index in [1.165, 1.54) is 6.07 Å². The van der Waals surface area contributed by atoms with E-state index in [1.54, 1.807) is 32.4 Å². The highest BCUT2D eigenvalue weighted by molar-refractivity contribution is 6.17. The summed E-state index contributed by atoms with van der Waals surface area (Å²) in [4.78, 5) is 4.20. The minimum absolute atomic E-state index is 0. The number of benzene rings is 1. The Bertz CT molecular complexity index is 575. The second-order valence-corrected chi connectivity index (χ2v) is 4.26. The quantitative estimate of drug-likeness (QED) is 0.786. The molecule has 0 saturated heterocycles. The molecule has 0 amide bonds. The van der Waals surface area contributed by atoms with Gasteiger partial charge in [-0.15, -0.1) is 24.0 Å². The summed E-state index contributed by atoms with van der Waals surface area (Å²) in [5.41, 5.74) is 3.24. The van der Waals surface area contributed by atoms with Crippen LogP contribution in [-0.4, -0.2) is 12.1 Å². The van der Waals surface area contributed by atoms with Gasteiger partial charge >= 0.3 is 0 Å². The van der Waals surface area contributed by atoms with Crippen LogP contribution in [-0.2, 0) is 5.88 Å². The number of methoxy groups -OCH3 is 1. The lowest BCUT2D eigenvalue weighted by atomic mass is 10.0. The second-order valence-electron chi connectivity index (χ2n) is 3.99. The molecule has 5 heteroatoms. The third-order valence-electron chi connectivity index (χ3n) is 2.75. The Balaban J connectivity index is 0.00000180. The summed E-state index contributed by atoms with van der Waals surface area (Å²) in [5.74, 6) is 0.634. The van der Waals surface area contributed by atoms with Gasteiger partial charge < -0.3 is 4.74 Å². The minimum atomic E-state index is -0.210. The van der Waals surface area contributed by atoms with Crippen molar-refractivity contribution >= 4 is 24.0 Å². The maximum Gasteiger partial charge on any atom is 0.217 e. The van der Waals surface area contributed by atoms with Crippen molar-refractivity contribution in [2.75, 3.05) is 7.11 Å². The predicted molar refractivity (Wildman–Crippen MR) is 77.7 cm³/mol. The molecule has 1 aromatic heterocycles. The predicted octanol–water partition coefficient (Wildman–Crippen LogP) is 4.37. The van der Waals surface area contributed by atoms with Crippen LogP contribution in [0.5, 0.6) is 5.88 Å². The molecule has 1 aromatic carbocycles. The molecule has 102 valence electrons. The molecule has 0 spiro atoms. The van der Waals surface area contributed by atoms with Crippen molar-refractivity contribution in [3.63, 3.8) is 0 Å². The number of halogens is 3. The van der Waals surface area contributed by atoms with E-state index in [9.17, 15) is 4.39 Å². The van der Waals surface area contributed by atoms with Crippen LogP contribution in [0.1, 0.15) is 11.1 Å². The van der Waals surface area contributed by atoms with Gasteiger partial charge in [0.25, 0.3) is 0 Å². The van der Waals surface area contributed by atoms with Gasteiger partial charge in [-0.05, 0) is 36.2 Å². The summed E-state index contributed by atoms with van der Waals surface area (Å²) < 4.78 is 18.3. The number of alkyl halides is 1. The van der Waals surface area contributed by atoms with E-state index in [0.29, 0.717) is 17.3 Å². The maximum atomic E-state index is 13.2. The average molecular weight is 302 g/mol. The van der Waals surface area contributed by atoms with Crippen LogP contribution >= 0.6 is 24.0 Å². The molecule has 2 aromatic rings. The van der Waals surface area contributed by atoms with Crippen LogP contribution in [0.3, 0.4) is 0 Å². The second kappa shape index (κ2) is 6.73. The molecular formula is C14H14Cl2FNO. The van der Waals surface area contributed by atoms with E-state index in [-0.39, 0.29) is 18.2 Å². The SMILES string of the molecule is COc1ncc(-c2ccc(F)c(C)c2)cc1CCl.Cl. The van der Waals surface area contributed by atoms with E-state index in [1.807, 2.05) is 6.07 Å². The van der Waals surface area contributed by atoms with Crippen molar-refractivity contribution in [1.29, 1.82) is 0 Å². The van der Waals surface area contributed by atoms with Gasteiger partial charge in [0.15, 0.2) is 0 Å². The van der Waals surface area contributed by atoms with Gasteiger partial charge in [-0.2, -0.15) is 0 Å². The molecule has 0 fully saturated rings. The molecule has 1 heterocycles. The number of aryl methyl sites for hydroxylation is 1. The van der Waals surface area contributed by atoms with E-state index in [4.69, 9.17) is 16.3 Å². The Morgan fingerprint density at radius 3 is 2.58 bits per heavy atom. The smallest absolute Gasteiger partial charge is 0.217 e. The summed E-state index contributed by atoms with van der Waals surface area (Å²) in [7, 11) is 1.56. The van der Waals surface area contributed by atoms with Crippen molar-refractivity contribution in [1.82, 2.24) is 4.98 Å². The Hall–Kier alpha value is -1.32. The normalized spacial score (nSPS) is 9.89. The molecule has 19 heavy (non-hydrogen) atoms. The van der Waals surface area contributed by atoms with E-state index in [0.717, 1.165) is 16.7 Å². The molecule has 2 nitrogen and oxygen atoms in total. The summed E-state index contributed by atoms with van der Waals surface area (Å²) in [5, 5.41) is 0. The lowest BCUT2D eigenvalue weighted by Gasteiger charge is -2.08. The summed E-state index contributed by atoms with van der Waals surface area (Å²) >= 11 is 5.85. The fraction of sp³-hybridized carbons (Fsp3) is 0.214. The number of aromatic nitrogens is 1. The molecule has 0 N–H and O–H groups in total. The first kappa shape index (κ1) is 15.7. The zero-order chi connectivity index (χ0) is 13.1. The van der Waals surface area contributed by atoms with Crippen LogP contribution in [0.2, 0.25) is 0 Å². The van der Waals surface area contributed by atoms with Gasteiger partial charge in [-0.1, -0.05) is 6.07 Å². The van der Waals surface area contributed by atoms with Gasteiger partial charge in [-0.3, -0.25) is 0 Å². The zero-order valence-corrected chi connectivity index (χ0v) is 12.2. The average Bonchev–Trinajstić information content (AvgIpc) is 2.41. The van der Waals surface area contributed by atoms with Gasteiger partial charge in [0.05, 0.1) is 13.0 Å². The Labute approximate surface area is 123 Å². The largest absolute Gasteiger partial charge is 0.481 e. The van der Waals surface area contributed by atoms with Crippen LogP contribution < -0.4 is 4.74 Å². The molecule has 0 aliphatic heterocycles. The number of ether oxygens (including phenoxy) is 1. The molecular weight excluding hydrogens is 288 g/mol. The molecule has 0 aliphatic carbocycles. The molecule has 0 bridgehead atoms. The molecule has 0 radical (unpaired) electrons. The fourth-order valence-corrected chi connectivity index (χ4v) is 1.95. The van der Waals surface area contributed by atoms with Crippen molar-refractivity contribution in [3.8, 4) is 17.0 Å².